The second kappa shape index (κ2) is 7.88. The summed E-state index contributed by atoms with van der Waals surface area (Å²) in [6, 6.07) is 21.8. The number of benzene rings is 2. The Morgan fingerprint density at radius 3 is 2.35 bits per heavy atom. The third kappa shape index (κ3) is 3.58. The number of nitrogens with zero attached hydrogens (tertiary/aromatic N) is 2. The van der Waals surface area contributed by atoms with E-state index in [4.69, 9.17) is 9.72 Å². The Bertz CT molecular complexity index is 820. The predicted molar refractivity (Wildman–Crippen MR) is 105 cm³/mol. The summed E-state index contributed by atoms with van der Waals surface area (Å²) in [6.07, 6.45) is 5.17. The van der Waals surface area contributed by atoms with Crippen molar-refractivity contribution in [2.45, 2.75) is 38.1 Å². The largest absolute Gasteiger partial charge is 0.381 e. The Morgan fingerprint density at radius 2 is 1.65 bits per heavy atom. The van der Waals surface area contributed by atoms with Crippen molar-refractivity contribution in [3.8, 4) is 11.3 Å². The number of aromatic nitrogens is 2. The zero-order valence-corrected chi connectivity index (χ0v) is 15.3. The van der Waals surface area contributed by atoms with Gasteiger partial charge in [0.05, 0.1) is 12.0 Å². The number of hydrogen-bond acceptors (Lipinski definition) is 2. The summed E-state index contributed by atoms with van der Waals surface area (Å²) in [4.78, 5) is 4.83. The SMILES string of the molecule is CC(Cc1c(-c2ccccc2)ncn1C1CCOCC1)c1ccccc1. The van der Waals surface area contributed by atoms with E-state index in [-0.39, 0.29) is 0 Å². The second-order valence-corrected chi connectivity index (χ2v) is 7.17. The maximum absolute atomic E-state index is 5.57. The first-order valence-electron chi connectivity index (χ1n) is 9.56. The third-order valence-corrected chi connectivity index (χ3v) is 5.40. The van der Waals surface area contributed by atoms with Crippen LogP contribution < -0.4 is 0 Å². The maximum atomic E-state index is 5.57. The average Bonchev–Trinajstić information content (AvgIpc) is 3.13. The molecule has 1 unspecified atom stereocenters. The molecule has 2 aromatic carbocycles. The fraction of sp³-hybridized carbons (Fsp3) is 0.348. The molecule has 1 fully saturated rings. The van der Waals surface area contributed by atoms with Crippen LogP contribution in [0.5, 0.6) is 0 Å². The van der Waals surface area contributed by atoms with Crippen molar-refractivity contribution < 1.29 is 4.74 Å². The Hall–Kier alpha value is -2.39. The van der Waals surface area contributed by atoms with E-state index in [0.29, 0.717) is 12.0 Å². The molecule has 2 heterocycles. The highest BCUT2D eigenvalue weighted by atomic mass is 16.5. The summed E-state index contributed by atoms with van der Waals surface area (Å²) in [5, 5.41) is 0. The molecule has 134 valence electrons. The normalized spacial score (nSPS) is 16.5. The molecule has 1 aliphatic rings. The van der Waals surface area contributed by atoms with Crippen molar-refractivity contribution in [2.24, 2.45) is 0 Å². The first kappa shape index (κ1) is 17.0. The van der Waals surface area contributed by atoms with E-state index < -0.39 is 0 Å². The van der Waals surface area contributed by atoms with Crippen molar-refractivity contribution in [1.82, 2.24) is 9.55 Å². The van der Waals surface area contributed by atoms with Gasteiger partial charge in [-0.2, -0.15) is 0 Å². The zero-order chi connectivity index (χ0) is 17.8. The van der Waals surface area contributed by atoms with Crippen LogP contribution in [0.2, 0.25) is 0 Å². The smallest absolute Gasteiger partial charge is 0.0958 e. The van der Waals surface area contributed by atoms with Crippen LogP contribution in [-0.2, 0) is 11.2 Å². The lowest BCUT2D eigenvalue weighted by Crippen LogP contribution is -2.21. The van der Waals surface area contributed by atoms with Gasteiger partial charge < -0.3 is 9.30 Å². The van der Waals surface area contributed by atoms with Gasteiger partial charge in [0.15, 0.2) is 0 Å². The van der Waals surface area contributed by atoms with Crippen LogP contribution in [0, 0.1) is 0 Å². The lowest BCUT2D eigenvalue weighted by Gasteiger charge is -2.26. The minimum absolute atomic E-state index is 0.453. The Labute approximate surface area is 155 Å². The van der Waals surface area contributed by atoms with Gasteiger partial charge >= 0.3 is 0 Å². The van der Waals surface area contributed by atoms with Crippen molar-refractivity contribution in [3.63, 3.8) is 0 Å². The summed E-state index contributed by atoms with van der Waals surface area (Å²) in [6.45, 7) is 4.00. The van der Waals surface area contributed by atoms with Gasteiger partial charge in [0.25, 0.3) is 0 Å². The second-order valence-electron chi connectivity index (χ2n) is 7.17. The molecule has 1 aromatic heterocycles. The molecule has 3 aromatic rings. The molecule has 1 atom stereocenters. The van der Waals surface area contributed by atoms with Gasteiger partial charge in [0.2, 0.25) is 0 Å². The van der Waals surface area contributed by atoms with Crippen LogP contribution in [0.1, 0.15) is 43.0 Å². The van der Waals surface area contributed by atoms with Crippen LogP contribution in [0.3, 0.4) is 0 Å². The van der Waals surface area contributed by atoms with E-state index in [9.17, 15) is 0 Å². The Morgan fingerprint density at radius 1 is 1.00 bits per heavy atom. The first-order chi connectivity index (χ1) is 12.8. The summed E-state index contributed by atoms with van der Waals surface area (Å²) in [7, 11) is 0. The lowest BCUT2D eigenvalue weighted by atomic mass is 9.94. The number of hydrogen-bond donors (Lipinski definition) is 0. The Kier molecular flexibility index (Phi) is 5.16. The third-order valence-electron chi connectivity index (χ3n) is 5.40. The molecule has 3 heteroatoms. The minimum atomic E-state index is 0.453. The molecular weight excluding hydrogens is 320 g/mol. The van der Waals surface area contributed by atoms with Crippen molar-refractivity contribution in [1.29, 1.82) is 0 Å². The lowest BCUT2D eigenvalue weighted by molar-refractivity contribution is 0.0688. The monoisotopic (exact) mass is 346 g/mol. The van der Waals surface area contributed by atoms with Gasteiger partial charge in [-0.25, -0.2) is 4.98 Å². The van der Waals surface area contributed by atoms with Crippen molar-refractivity contribution in [3.05, 3.63) is 78.2 Å². The fourth-order valence-corrected chi connectivity index (χ4v) is 3.89. The quantitative estimate of drug-likeness (QED) is 0.631. The summed E-state index contributed by atoms with van der Waals surface area (Å²) in [5.41, 5.74) is 5.05. The number of rotatable bonds is 5. The molecule has 0 aliphatic carbocycles. The van der Waals surface area contributed by atoms with Gasteiger partial charge in [-0.05, 0) is 30.7 Å². The van der Waals surface area contributed by atoms with Gasteiger partial charge in [0.1, 0.15) is 0 Å². The predicted octanol–water partition coefficient (Wildman–Crippen LogP) is 5.25. The number of ether oxygens (including phenoxy) is 1. The topological polar surface area (TPSA) is 27.1 Å². The van der Waals surface area contributed by atoms with E-state index in [0.717, 1.165) is 38.2 Å². The molecule has 1 saturated heterocycles. The standard InChI is InChI=1S/C23H26N2O/c1-18(19-8-4-2-5-9-19)16-22-23(20-10-6-3-7-11-20)24-17-25(22)21-12-14-26-15-13-21/h2-11,17-18,21H,12-16H2,1H3. The van der Waals surface area contributed by atoms with E-state index in [2.05, 4.69) is 72.2 Å². The van der Waals surface area contributed by atoms with E-state index in [1.165, 1.54) is 16.8 Å². The van der Waals surface area contributed by atoms with Crippen LogP contribution in [0.15, 0.2) is 67.0 Å². The molecule has 0 bridgehead atoms. The molecule has 0 N–H and O–H groups in total. The highest BCUT2D eigenvalue weighted by Crippen LogP contribution is 2.32. The van der Waals surface area contributed by atoms with Crippen LogP contribution in [0.4, 0.5) is 0 Å². The van der Waals surface area contributed by atoms with Crippen molar-refractivity contribution >= 4 is 0 Å². The molecule has 4 rings (SSSR count). The molecule has 26 heavy (non-hydrogen) atoms. The van der Waals surface area contributed by atoms with Crippen molar-refractivity contribution in [2.75, 3.05) is 13.2 Å². The van der Waals surface area contributed by atoms with Crippen LogP contribution in [-0.4, -0.2) is 22.8 Å². The fourth-order valence-electron chi connectivity index (χ4n) is 3.89. The number of imidazole rings is 1. The summed E-state index contributed by atoms with van der Waals surface area (Å²) >= 11 is 0. The highest BCUT2D eigenvalue weighted by Gasteiger charge is 2.23. The molecule has 0 radical (unpaired) electrons. The molecule has 0 amide bonds. The van der Waals surface area contributed by atoms with E-state index >= 15 is 0 Å². The summed E-state index contributed by atoms with van der Waals surface area (Å²) < 4.78 is 7.99. The van der Waals surface area contributed by atoms with Gasteiger partial charge in [-0.3, -0.25) is 0 Å². The minimum Gasteiger partial charge on any atom is -0.381 e. The van der Waals surface area contributed by atoms with Gasteiger partial charge in [0, 0.05) is 30.5 Å². The first-order valence-corrected chi connectivity index (χ1v) is 9.56. The zero-order valence-electron chi connectivity index (χ0n) is 15.3. The van der Waals surface area contributed by atoms with E-state index in [1.807, 2.05) is 6.33 Å². The maximum Gasteiger partial charge on any atom is 0.0958 e. The van der Waals surface area contributed by atoms with Gasteiger partial charge in [-0.1, -0.05) is 67.6 Å². The summed E-state index contributed by atoms with van der Waals surface area (Å²) in [5.74, 6) is 0.453. The molecule has 3 nitrogen and oxygen atoms in total. The molecular formula is C23H26N2O. The van der Waals surface area contributed by atoms with Crippen LogP contribution in [0.25, 0.3) is 11.3 Å². The average molecular weight is 346 g/mol. The molecule has 0 saturated carbocycles. The highest BCUT2D eigenvalue weighted by molar-refractivity contribution is 5.62. The van der Waals surface area contributed by atoms with E-state index in [1.54, 1.807) is 0 Å². The van der Waals surface area contributed by atoms with Crippen LogP contribution >= 0.6 is 0 Å². The molecule has 1 aliphatic heterocycles. The Balaban J connectivity index is 1.70. The van der Waals surface area contributed by atoms with Gasteiger partial charge in [-0.15, -0.1) is 0 Å². The molecule has 0 spiro atoms.